The van der Waals surface area contributed by atoms with Crippen LogP contribution >= 0.6 is 35.3 Å². The van der Waals surface area contributed by atoms with Crippen LogP contribution in [0.25, 0.3) is 10.8 Å². The van der Waals surface area contributed by atoms with Crippen molar-refractivity contribution >= 4 is 52.0 Å². The highest BCUT2D eigenvalue weighted by Crippen LogP contribution is 2.24. The Kier molecular flexibility index (Phi) is 8.30. The van der Waals surface area contributed by atoms with Crippen LogP contribution in [-0.2, 0) is 6.54 Å². The lowest BCUT2D eigenvalue weighted by molar-refractivity contribution is 0.325. The number of hydrogen-bond acceptors (Lipinski definition) is 4. The molecule has 0 unspecified atom stereocenters. The summed E-state index contributed by atoms with van der Waals surface area (Å²) in [4.78, 5) is 9.94. The third kappa shape index (κ3) is 5.80. The highest BCUT2D eigenvalue weighted by Gasteiger charge is 2.06. The number of ether oxygens (including phenoxy) is 1. The van der Waals surface area contributed by atoms with Crippen LogP contribution in [-0.4, -0.2) is 31.1 Å². The highest BCUT2D eigenvalue weighted by atomic mass is 127. The van der Waals surface area contributed by atoms with Crippen molar-refractivity contribution in [2.45, 2.75) is 20.4 Å². The minimum absolute atomic E-state index is 0. The van der Waals surface area contributed by atoms with Crippen LogP contribution in [0.15, 0.2) is 47.5 Å². The fourth-order valence-corrected chi connectivity index (χ4v) is 3.65. The second-order valence-electron chi connectivity index (χ2n) is 5.92. The third-order valence-corrected chi connectivity index (χ3v) is 5.11. The number of guanidine groups is 1. The molecule has 0 aliphatic carbocycles. The van der Waals surface area contributed by atoms with Gasteiger partial charge >= 0.3 is 0 Å². The van der Waals surface area contributed by atoms with Crippen LogP contribution in [0.5, 0.6) is 5.75 Å². The first-order valence-corrected chi connectivity index (χ1v) is 9.47. The molecule has 0 bridgehead atoms. The van der Waals surface area contributed by atoms with Gasteiger partial charge in [-0.15, -0.1) is 35.3 Å². The SMILES string of the molecule is CN=C(NCCOc1cccc2ccccc12)NCc1sc(C)nc1C.I. The van der Waals surface area contributed by atoms with Crippen LogP contribution in [0.3, 0.4) is 0 Å². The number of benzene rings is 2. The molecule has 0 amide bonds. The summed E-state index contributed by atoms with van der Waals surface area (Å²) in [6, 6.07) is 14.4. The van der Waals surface area contributed by atoms with Crippen LogP contribution in [0.4, 0.5) is 0 Å². The molecule has 0 radical (unpaired) electrons. The topological polar surface area (TPSA) is 58.5 Å². The molecular formula is C20H25IN4OS. The van der Waals surface area contributed by atoms with Crippen LogP contribution in [0, 0.1) is 13.8 Å². The molecule has 0 saturated heterocycles. The number of rotatable bonds is 6. The van der Waals surface area contributed by atoms with E-state index in [0.717, 1.165) is 34.3 Å². The average Bonchev–Trinajstić information content (AvgIpc) is 2.98. The van der Waals surface area contributed by atoms with Crippen LogP contribution in [0.2, 0.25) is 0 Å². The molecular weight excluding hydrogens is 471 g/mol. The van der Waals surface area contributed by atoms with Crippen LogP contribution < -0.4 is 15.4 Å². The van der Waals surface area contributed by atoms with Crippen molar-refractivity contribution in [3.8, 4) is 5.75 Å². The number of aliphatic imine (C=N–C) groups is 1. The molecule has 0 aliphatic heterocycles. The van der Waals surface area contributed by atoms with E-state index in [1.54, 1.807) is 18.4 Å². The first kappa shape index (κ1) is 21.4. The van der Waals surface area contributed by atoms with Gasteiger partial charge in [0.15, 0.2) is 5.96 Å². The van der Waals surface area contributed by atoms with Gasteiger partial charge in [-0.3, -0.25) is 4.99 Å². The Bertz CT molecular complexity index is 905. The summed E-state index contributed by atoms with van der Waals surface area (Å²) >= 11 is 1.71. The molecule has 0 spiro atoms. The molecule has 5 nitrogen and oxygen atoms in total. The quantitative estimate of drug-likeness (QED) is 0.232. The minimum Gasteiger partial charge on any atom is -0.491 e. The largest absolute Gasteiger partial charge is 0.491 e. The molecule has 0 fully saturated rings. The molecule has 0 atom stereocenters. The maximum Gasteiger partial charge on any atom is 0.191 e. The second-order valence-corrected chi connectivity index (χ2v) is 7.21. The van der Waals surface area contributed by atoms with E-state index in [1.807, 2.05) is 38.1 Å². The van der Waals surface area contributed by atoms with E-state index in [4.69, 9.17) is 4.74 Å². The van der Waals surface area contributed by atoms with E-state index in [9.17, 15) is 0 Å². The van der Waals surface area contributed by atoms with Crippen molar-refractivity contribution in [1.29, 1.82) is 0 Å². The molecule has 3 rings (SSSR count). The molecule has 7 heteroatoms. The van der Waals surface area contributed by atoms with Crippen LogP contribution in [0.1, 0.15) is 15.6 Å². The molecule has 1 heterocycles. The maximum atomic E-state index is 5.95. The number of thiazole rings is 1. The van der Waals surface area contributed by atoms with Gasteiger partial charge in [0.1, 0.15) is 12.4 Å². The maximum absolute atomic E-state index is 5.95. The van der Waals surface area contributed by atoms with E-state index in [2.05, 4.69) is 38.8 Å². The first-order valence-electron chi connectivity index (χ1n) is 8.65. The molecule has 1 aromatic heterocycles. The zero-order chi connectivity index (χ0) is 18.4. The van der Waals surface area contributed by atoms with Gasteiger partial charge in [0, 0.05) is 17.3 Å². The highest BCUT2D eigenvalue weighted by molar-refractivity contribution is 14.0. The lowest BCUT2D eigenvalue weighted by Crippen LogP contribution is -2.38. The van der Waals surface area contributed by atoms with Gasteiger partial charge in [0.25, 0.3) is 0 Å². The number of hydrogen-bond donors (Lipinski definition) is 2. The second kappa shape index (κ2) is 10.5. The predicted molar refractivity (Wildman–Crippen MR) is 125 cm³/mol. The average molecular weight is 496 g/mol. The lowest BCUT2D eigenvalue weighted by Gasteiger charge is -2.13. The number of fused-ring (bicyclic) bond motifs is 1. The Morgan fingerprint density at radius 1 is 1.11 bits per heavy atom. The Morgan fingerprint density at radius 3 is 2.63 bits per heavy atom. The first-order chi connectivity index (χ1) is 12.7. The van der Waals surface area contributed by atoms with Crippen molar-refractivity contribution in [3.63, 3.8) is 0 Å². The Balaban J connectivity index is 0.00000261. The molecule has 0 aliphatic rings. The predicted octanol–water partition coefficient (Wildman–Crippen LogP) is 4.28. The fraction of sp³-hybridized carbons (Fsp3) is 0.300. The zero-order valence-electron chi connectivity index (χ0n) is 15.8. The zero-order valence-corrected chi connectivity index (χ0v) is 18.9. The smallest absolute Gasteiger partial charge is 0.191 e. The number of aromatic nitrogens is 1. The molecule has 2 N–H and O–H groups in total. The number of nitrogens with zero attached hydrogens (tertiary/aromatic N) is 2. The Morgan fingerprint density at radius 2 is 1.89 bits per heavy atom. The van der Waals surface area contributed by atoms with Gasteiger partial charge in [0.2, 0.25) is 0 Å². The van der Waals surface area contributed by atoms with E-state index in [1.165, 1.54) is 10.3 Å². The van der Waals surface area contributed by atoms with Gasteiger partial charge in [0.05, 0.1) is 23.8 Å². The summed E-state index contributed by atoms with van der Waals surface area (Å²) < 4.78 is 5.95. The normalized spacial score (nSPS) is 11.1. The van der Waals surface area contributed by atoms with Gasteiger partial charge < -0.3 is 15.4 Å². The van der Waals surface area contributed by atoms with Gasteiger partial charge in [-0.25, -0.2) is 4.98 Å². The Labute approximate surface area is 181 Å². The van der Waals surface area contributed by atoms with Crippen molar-refractivity contribution < 1.29 is 4.74 Å². The minimum atomic E-state index is 0. The third-order valence-electron chi connectivity index (χ3n) is 4.04. The van der Waals surface area contributed by atoms with Crippen molar-refractivity contribution in [3.05, 3.63) is 58.0 Å². The summed E-state index contributed by atoms with van der Waals surface area (Å²) in [5.41, 5.74) is 1.08. The van der Waals surface area contributed by atoms with Gasteiger partial charge in [-0.05, 0) is 25.3 Å². The molecule has 2 aromatic carbocycles. The molecule has 3 aromatic rings. The molecule has 0 saturated carbocycles. The van der Waals surface area contributed by atoms with E-state index in [-0.39, 0.29) is 24.0 Å². The van der Waals surface area contributed by atoms with Gasteiger partial charge in [-0.2, -0.15) is 0 Å². The monoisotopic (exact) mass is 496 g/mol. The van der Waals surface area contributed by atoms with Crippen molar-refractivity contribution in [2.75, 3.05) is 20.2 Å². The summed E-state index contributed by atoms with van der Waals surface area (Å²) in [6.07, 6.45) is 0. The molecule has 144 valence electrons. The fourth-order valence-electron chi connectivity index (χ4n) is 2.77. The summed E-state index contributed by atoms with van der Waals surface area (Å²) in [6.45, 7) is 6.02. The summed E-state index contributed by atoms with van der Waals surface area (Å²) in [5, 5.41) is 10.0. The Hall–Kier alpha value is -1.87. The number of halogens is 1. The number of nitrogens with one attached hydrogen (secondary N) is 2. The standard InChI is InChI=1S/C20H24N4OS.HI/c1-14-19(26-15(2)24-14)13-23-20(21-3)22-11-12-25-18-10-6-8-16-7-4-5-9-17(16)18;/h4-10H,11-13H2,1-3H3,(H2,21,22,23);1H. The number of aryl methyl sites for hydroxylation is 2. The van der Waals surface area contributed by atoms with Crippen molar-refractivity contribution in [1.82, 2.24) is 15.6 Å². The van der Waals surface area contributed by atoms with Crippen molar-refractivity contribution in [2.24, 2.45) is 4.99 Å². The summed E-state index contributed by atoms with van der Waals surface area (Å²) in [5.74, 6) is 1.67. The van der Waals surface area contributed by atoms with E-state index < -0.39 is 0 Å². The lowest BCUT2D eigenvalue weighted by atomic mass is 10.1. The van der Waals surface area contributed by atoms with Gasteiger partial charge in [-0.1, -0.05) is 36.4 Å². The van der Waals surface area contributed by atoms with E-state index in [0.29, 0.717) is 13.2 Å². The molecule has 27 heavy (non-hydrogen) atoms. The van der Waals surface area contributed by atoms with E-state index >= 15 is 0 Å². The summed E-state index contributed by atoms with van der Waals surface area (Å²) in [7, 11) is 1.77.